The van der Waals surface area contributed by atoms with Gasteiger partial charge in [0.15, 0.2) is 5.82 Å². The first kappa shape index (κ1) is 23.5. The van der Waals surface area contributed by atoms with Crippen LogP contribution in [-0.2, 0) is 11.3 Å². The third-order valence-corrected chi connectivity index (χ3v) is 6.81. The van der Waals surface area contributed by atoms with Gasteiger partial charge in [-0.1, -0.05) is 0 Å². The molecule has 0 bridgehead atoms. The first-order chi connectivity index (χ1) is 17.2. The zero-order valence-electron chi connectivity index (χ0n) is 20.1. The van der Waals surface area contributed by atoms with Crippen LogP contribution in [0.15, 0.2) is 42.5 Å². The van der Waals surface area contributed by atoms with Crippen molar-refractivity contribution in [2.24, 2.45) is 0 Å². The van der Waals surface area contributed by atoms with Gasteiger partial charge in [0.25, 0.3) is 0 Å². The van der Waals surface area contributed by atoms with Gasteiger partial charge in [-0.2, -0.15) is 0 Å². The number of tetrazole rings is 1. The molecule has 0 aliphatic carbocycles. The lowest BCUT2D eigenvalue weighted by atomic mass is 10.0. The van der Waals surface area contributed by atoms with E-state index in [4.69, 9.17) is 14.2 Å². The smallest absolute Gasteiger partial charge is 0.173 e. The summed E-state index contributed by atoms with van der Waals surface area (Å²) in [6.07, 6.45) is 2.18. The minimum absolute atomic E-state index is 0.117. The Bertz CT molecular complexity index is 1110. The van der Waals surface area contributed by atoms with E-state index in [-0.39, 0.29) is 18.0 Å². The van der Waals surface area contributed by atoms with Crippen molar-refractivity contribution < 1.29 is 18.6 Å². The van der Waals surface area contributed by atoms with Crippen LogP contribution in [-0.4, -0.2) is 78.2 Å². The van der Waals surface area contributed by atoms with Gasteiger partial charge in [-0.05, 0) is 59.7 Å². The number of ether oxygens (including phenoxy) is 3. The lowest BCUT2D eigenvalue weighted by Gasteiger charge is -2.40. The number of rotatable bonds is 8. The Morgan fingerprint density at radius 3 is 2.54 bits per heavy atom. The van der Waals surface area contributed by atoms with Crippen molar-refractivity contribution in [3.05, 3.63) is 59.7 Å². The molecule has 186 valence electrons. The summed E-state index contributed by atoms with van der Waals surface area (Å²) in [5.41, 5.74) is 2.00. The molecule has 2 aliphatic heterocycles. The molecule has 2 aromatic carbocycles. The van der Waals surface area contributed by atoms with Gasteiger partial charge >= 0.3 is 0 Å². The molecule has 10 heteroatoms. The summed E-state index contributed by atoms with van der Waals surface area (Å²) < 4.78 is 32.3. The van der Waals surface area contributed by atoms with Gasteiger partial charge in [0.1, 0.15) is 23.4 Å². The van der Waals surface area contributed by atoms with Crippen LogP contribution >= 0.6 is 0 Å². The number of hydrogen-bond acceptors (Lipinski definition) is 8. The predicted octanol–water partition coefficient (Wildman–Crippen LogP) is 2.92. The first-order valence-electron chi connectivity index (χ1n) is 12.0. The maximum Gasteiger partial charge on any atom is 0.173 e. The Balaban J connectivity index is 1.45. The topological polar surface area (TPSA) is 77.8 Å². The maximum atomic E-state index is 13.4. The van der Waals surface area contributed by atoms with Crippen LogP contribution in [0, 0.1) is 5.82 Å². The quantitative estimate of drug-likeness (QED) is 0.485. The fourth-order valence-corrected chi connectivity index (χ4v) is 4.95. The Morgan fingerprint density at radius 2 is 1.86 bits per heavy atom. The van der Waals surface area contributed by atoms with Gasteiger partial charge in [0.2, 0.25) is 0 Å². The van der Waals surface area contributed by atoms with E-state index < -0.39 is 0 Å². The molecule has 5 rings (SSSR count). The Labute approximate surface area is 204 Å². The largest absolute Gasteiger partial charge is 0.497 e. The van der Waals surface area contributed by atoms with Crippen LogP contribution in [0.1, 0.15) is 30.3 Å². The molecule has 0 radical (unpaired) electrons. The molecule has 2 saturated heterocycles. The highest BCUT2D eigenvalue weighted by Gasteiger charge is 2.33. The molecule has 2 fully saturated rings. The fourth-order valence-electron chi connectivity index (χ4n) is 4.95. The maximum absolute atomic E-state index is 13.4. The highest BCUT2D eigenvalue weighted by Crippen LogP contribution is 2.37. The van der Waals surface area contributed by atoms with Crippen LogP contribution < -0.4 is 14.4 Å². The lowest BCUT2D eigenvalue weighted by Crippen LogP contribution is -2.48. The average molecular weight is 483 g/mol. The average Bonchev–Trinajstić information content (AvgIpc) is 3.58. The highest BCUT2D eigenvalue weighted by atomic mass is 19.1. The van der Waals surface area contributed by atoms with E-state index in [1.54, 1.807) is 14.2 Å². The van der Waals surface area contributed by atoms with E-state index in [9.17, 15) is 4.39 Å². The minimum Gasteiger partial charge on any atom is -0.497 e. The summed E-state index contributed by atoms with van der Waals surface area (Å²) in [6, 6.07) is 12.3. The van der Waals surface area contributed by atoms with Gasteiger partial charge in [-0.25, -0.2) is 9.07 Å². The number of aromatic nitrogens is 4. The van der Waals surface area contributed by atoms with Crippen LogP contribution in [0.2, 0.25) is 0 Å². The zero-order valence-corrected chi connectivity index (χ0v) is 20.1. The summed E-state index contributed by atoms with van der Waals surface area (Å²) in [6.45, 7) is 4.56. The van der Waals surface area contributed by atoms with E-state index in [2.05, 4.69) is 25.3 Å². The second kappa shape index (κ2) is 10.6. The van der Waals surface area contributed by atoms with Gasteiger partial charge in [-0.3, -0.25) is 4.90 Å². The zero-order chi connectivity index (χ0) is 24.2. The molecular weight excluding hydrogens is 451 g/mol. The van der Waals surface area contributed by atoms with Crippen molar-refractivity contribution in [3.63, 3.8) is 0 Å². The van der Waals surface area contributed by atoms with E-state index in [1.165, 1.54) is 12.1 Å². The molecule has 1 aromatic heterocycles. The molecule has 3 aromatic rings. The summed E-state index contributed by atoms with van der Waals surface area (Å²) in [4.78, 5) is 4.65. The van der Waals surface area contributed by atoms with E-state index in [0.717, 1.165) is 74.2 Å². The molecule has 0 spiro atoms. The standard InChI is InChI=1S/C25H31FN6O3/c1-33-20-9-10-22(23(16-20)34-2)24(25-27-28-29-32(25)17-21-4-3-15-35-21)31-13-11-30(12-14-31)19-7-5-18(26)6-8-19/h5-10,16,21,24H,3-4,11-15,17H2,1-2H3/t21-,24-/m0/s1. The molecule has 0 saturated carbocycles. The van der Waals surface area contributed by atoms with Gasteiger partial charge in [0, 0.05) is 50.1 Å². The van der Waals surface area contributed by atoms with E-state index in [0.29, 0.717) is 6.54 Å². The third-order valence-electron chi connectivity index (χ3n) is 6.81. The molecule has 0 amide bonds. The summed E-state index contributed by atoms with van der Waals surface area (Å²) >= 11 is 0. The van der Waals surface area contributed by atoms with E-state index in [1.807, 2.05) is 35.0 Å². The normalized spacial score (nSPS) is 19.6. The van der Waals surface area contributed by atoms with Crippen LogP contribution in [0.4, 0.5) is 10.1 Å². The molecule has 0 N–H and O–H groups in total. The van der Waals surface area contributed by atoms with Crippen LogP contribution in [0.3, 0.4) is 0 Å². The third kappa shape index (κ3) is 5.08. The van der Waals surface area contributed by atoms with Gasteiger partial charge in [0.05, 0.1) is 26.9 Å². The van der Waals surface area contributed by atoms with Crippen LogP contribution in [0.25, 0.3) is 0 Å². The Kier molecular flexibility index (Phi) is 7.10. The molecule has 0 unspecified atom stereocenters. The summed E-state index contributed by atoms with van der Waals surface area (Å²) in [7, 11) is 3.31. The number of methoxy groups -OCH3 is 2. The molecule has 3 heterocycles. The SMILES string of the molecule is COc1ccc([C@@H](c2nnnn2C[C@@H]2CCCO2)N2CCN(c3ccc(F)cc3)CC2)c(OC)c1. The summed E-state index contributed by atoms with van der Waals surface area (Å²) in [5, 5.41) is 12.8. The second-order valence-electron chi connectivity index (χ2n) is 8.86. The molecule has 2 aliphatic rings. The number of benzene rings is 2. The first-order valence-corrected chi connectivity index (χ1v) is 12.0. The lowest BCUT2D eigenvalue weighted by molar-refractivity contribution is 0.0906. The van der Waals surface area contributed by atoms with Crippen molar-refractivity contribution in [3.8, 4) is 11.5 Å². The van der Waals surface area contributed by atoms with Crippen molar-refractivity contribution in [2.45, 2.75) is 31.5 Å². The minimum atomic E-state index is -0.225. The molecule has 2 atom stereocenters. The number of nitrogens with zero attached hydrogens (tertiary/aromatic N) is 6. The number of hydrogen-bond donors (Lipinski definition) is 0. The van der Waals surface area contributed by atoms with Crippen molar-refractivity contribution in [1.29, 1.82) is 0 Å². The van der Waals surface area contributed by atoms with Crippen LogP contribution in [0.5, 0.6) is 11.5 Å². The van der Waals surface area contributed by atoms with Crippen molar-refractivity contribution in [1.82, 2.24) is 25.1 Å². The summed E-state index contributed by atoms with van der Waals surface area (Å²) in [5.74, 6) is 1.99. The Hall–Kier alpha value is -3.24. The monoisotopic (exact) mass is 482 g/mol. The van der Waals surface area contributed by atoms with Gasteiger partial charge < -0.3 is 19.1 Å². The van der Waals surface area contributed by atoms with Gasteiger partial charge in [-0.15, -0.1) is 5.10 Å². The Morgan fingerprint density at radius 1 is 1.06 bits per heavy atom. The molecule has 35 heavy (non-hydrogen) atoms. The fraction of sp³-hybridized carbons (Fsp3) is 0.480. The number of anilines is 1. The number of piperazine rings is 1. The van der Waals surface area contributed by atoms with E-state index >= 15 is 0 Å². The second-order valence-corrected chi connectivity index (χ2v) is 8.86. The number of halogens is 1. The molecule has 9 nitrogen and oxygen atoms in total. The molecular formula is C25H31FN6O3. The highest BCUT2D eigenvalue weighted by molar-refractivity contribution is 5.47. The van der Waals surface area contributed by atoms with Crippen molar-refractivity contribution in [2.75, 3.05) is 51.9 Å². The predicted molar refractivity (Wildman–Crippen MR) is 128 cm³/mol. The van der Waals surface area contributed by atoms with Crippen molar-refractivity contribution >= 4 is 5.69 Å².